The number of aliphatic hydroxyl groups is 2. The number of hydrogen-bond donors (Lipinski definition) is 6. The molecule has 3 unspecified atom stereocenters. The zero-order valence-electron chi connectivity index (χ0n) is 31.1. The first kappa shape index (κ1) is 41.6. The van der Waals surface area contributed by atoms with Gasteiger partial charge in [0, 0.05) is 32.1 Å². The predicted octanol–water partition coefficient (Wildman–Crippen LogP) is 2.00. The summed E-state index contributed by atoms with van der Waals surface area (Å²) in [6, 6.07) is -3.18. The Morgan fingerprint density at radius 2 is 1.65 bits per heavy atom. The molecule has 0 radical (unpaired) electrons. The van der Waals surface area contributed by atoms with E-state index in [0.717, 1.165) is 6.42 Å². The number of Topliss-reactive ketones (excluding diaryl/α,β-unsaturated/α-hetero) is 1. The number of aliphatic hydroxyl groups excluding tert-OH is 2. The van der Waals surface area contributed by atoms with Gasteiger partial charge in [0.15, 0.2) is 6.35 Å². The van der Waals surface area contributed by atoms with Crippen molar-refractivity contribution >= 4 is 29.4 Å². The van der Waals surface area contributed by atoms with Crippen molar-refractivity contribution in [2.24, 2.45) is 16.2 Å². The molecule has 0 aliphatic carbocycles. The number of nitrogens with zero attached hydrogens (tertiary/aromatic N) is 2. The highest BCUT2D eigenvalue weighted by molar-refractivity contribution is 6.38. The number of carbonyl (C=O) groups excluding carboxylic acids is 5. The van der Waals surface area contributed by atoms with Crippen molar-refractivity contribution in [1.29, 1.82) is 0 Å². The average Bonchev–Trinajstić information content (AvgIpc) is 3.46. The maximum absolute atomic E-state index is 14.1. The maximum atomic E-state index is 14.1. The smallest absolute Gasteiger partial charge is 0.289 e. The molecule has 2 aliphatic rings. The highest BCUT2D eigenvalue weighted by atomic mass is 16.3. The van der Waals surface area contributed by atoms with Gasteiger partial charge in [-0.25, -0.2) is 0 Å². The molecule has 2 fully saturated rings. The normalized spacial score (nSPS) is 22.5. The Bertz CT molecular complexity index is 1130. The van der Waals surface area contributed by atoms with Gasteiger partial charge in [-0.05, 0) is 48.3 Å². The third-order valence-electron chi connectivity index (χ3n) is 9.34. The summed E-state index contributed by atoms with van der Waals surface area (Å²) in [5.41, 5.74) is -1.42. The van der Waals surface area contributed by atoms with E-state index in [1.165, 1.54) is 9.80 Å². The van der Waals surface area contributed by atoms with Crippen LogP contribution >= 0.6 is 0 Å². The van der Waals surface area contributed by atoms with Crippen LogP contribution in [0.3, 0.4) is 0 Å². The molecule has 13 heteroatoms. The van der Waals surface area contributed by atoms with Gasteiger partial charge in [-0.2, -0.15) is 0 Å². The summed E-state index contributed by atoms with van der Waals surface area (Å²) in [6.07, 6.45) is 1.86. The fraction of sp³-hybridized carbons (Fsp3) is 0.857. The standard InChI is InChI=1S/C35H64N6O7/c1-11-13-15-22(27(44)30(46)36-17-12-2)37-29(45)23-16-14-18-40(23)31(47)28(34(6,7)8)39-32(48)38-24(33(3,4)5)21-41-25(42)19-35(9,10)20-26(41)43/h22-25,28,32,38-39,42,48H,11-21H2,1-10H3,(H,36,46)(H,37,45)/t22?,23-,24+,25?,28+,32?/m0/s1. The van der Waals surface area contributed by atoms with E-state index in [1.807, 2.05) is 69.2 Å². The van der Waals surface area contributed by atoms with Crippen LogP contribution in [0.2, 0.25) is 0 Å². The topological polar surface area (TPSA) is 180 Å². The van der Waals surface area contributed by atoms with Crippen molar-refractivity contribution < 1.29 is 34.2 Å². The van der Waals surface area contributed by atoms with Crippen LogP contribution in [0.4, 0.5) is 0 Å². The highest BCUT2D eigenvalue weighted by Gasteiger charge is 2.44. The number of ketones is 1. The Morgan fingerprint density at radius 3 is 2.19 bits per heavy atom. The molecule has 48 heavy (non-hydrogen) atoms. The molecule has 6 N–H and O–H groups in total. The average molecular weight is 681 g/mol. The van der Waals surface area contributed by atoms with Gasteiger partial charge in [-0.3, -0.25) is 34.6 Å². The Morgan fingerprint density at radius 1 is 1.00 bits per heavy atom. The second-order valence-electron chi connectivity index (χ2n) is 16.5. The zero-order valence-corrected chi connectivity index (χ0v) is 31.1. The second-order valence-corrected chi connectivity index (χ2v) is 16.5. The van der Waals surface area contributed by atoms with Crippen molar-refractivity contribution in [2.75, 3.05) is 19.6 Å². The molecule has 2 aliphatic heterocycles. The lowest BCUT2D eigenvalue weighted by Gasteiger charge is -2.45. The van der Waals surface area contributed by atoms with Gasteiger partial charge in [-0.1, -0.05) is 82.1 Å². The van der Waals surface area contributed by atoms with Crippen LogP contribution < -0.4 is 21.3 Å². The van der Waals surface area contributed by atoms with E-state index in [-0.39, 0.29) is 23.8 Å². The lowest BCUT2D eigenvalue weighted by Crippen LogP contribution is -2.64. The summed E-state index contributed by atoms with van der Waals surface area (Å²) in [7, 11) is 0. The van der Waals surface area contributed by atoms with Gasteiger partial charge >= 0.3 is 0 Å². The van der Waals surface area contributed by atoms with Gasteiger partial charge in [0.25, 0.3) is 5.91 Å². The molecule has 4 amide bonds. The van der Waals surface area contributed by atoms with Crippen LogP contribution in [0.15, 0.2) is 0 Å². The molecule has 13 nitrogen and oxygen atoms in total. The second kappa shape index (κ2) is 17.4. The highest BCUT2D eigenvalue weighted by Crippen LogP contribution is 2.35. The summed E-state index contributed by atoms with van der Waals surface area (Å²) in [4.78, 5) is 69.0. The van der Waals surface area contributed by atoms with Crippen LogP contribution in [0.5, 0.6) is 0 Å². The van der Waals surface area contributed by atoms with Gasteiger partial charge in [0.05, 0.1) is 12.1 Å². The first-order valence-corrected chi connectivity index (χ1v) is 17.7. The van der Waals surface area contributed by atoms with Crippen molar-refractivity contribution in [2.45, 2.75) is 157 Å². The number of nitrogens with one attached hydrogen (secondary N) is 4. The molecular weight excluding hydrogens is 616 g/mol. The van der Waals surface area contributed by atoms with E-state index < -0.39 is 65.2 Å². The molecule has 0 saturated carbocycles. The van der Waals surface area contributed by atoms with Gasteiger partial charge in [0.1, 0.15) is 12.3 Å². The third kappa shape index (κ3) is 11.8. The summed E-state index contributed by atoms with van der Waals surface area (Å²) < 4.78 is 0. The Balaban J connectivity index is 2.20. The van der Waals surface area contributed by atoms with Crippen LogP contribution in [-0.2, 0) is 24.0 Å². The molecule has 2 saturated heterocycles. The molecule has 2 rings (SSSR count). The van der Waals surface area contributed by atoms with Crippen molar-refractivity contribution in [3.05, 3.63) is 0 Å². The first-order valence-electron chi connectivity index (χ1n) is 17.7. The molecule has 2 heterocycles. The summed E-state index contributed by atoms with van der Waals surface area (Å²) in [5.74, 6) is -2.42. The zero-order chi connectivity index (χ0) is 36.6. The van der Waals surface area contributed by atoms with E-state index in [2.05, 4.69) is 21.3 Å². The quantitative estimate of drug-likeness (QED) is 0.105. The van der Waals surface area contributed by atoms with E-state index in [1.54, 1.807) is 0 Å². The third-order valence-corrected chi connectivity index (χ3v) is 9.34. The number of hydrogen-bond acceptors (Lipinski definition) is 9. The van der Waals surface area contributed by atoms with Crippen molar-refractivity contribution in [1.82, 2.24) is 31.1 Å². The monoisotopic (exact) mass is 680 g/mol. The fourth-order valence-electron chi connectivity index (χ4n) is 6.34. The summed E-state index contributed by atoms with van der Waals surface area (Å²) in [5, 5.41) is 33.6. The Kier molecular flexibility index (Phi) is 15.0. The molecule has 0 spiro atoms. The maximum Gasteiger partial charge on any atom is 0.289 e. The number of amides is 4. The summed E-state index contributed by atoms with van der Waals surface area (Å²) >= 11 is 0. The number of carbonyl (C=O) groups is 5. The predicted molar refractivity (Wildman–Crippen MR) is 184 cm³/mol. The van der Waals surface area contributed by atoms with E-state index in [9.17, 15) is 34.2 Å². The fourth-order valence-corrected chi connectivity index (χ4v) is 6.34. The molecule has 0 aromatic rings. The van der Waals surface area contributed by atoms with Crippen LogP contribution in [-0.4, -0.2) is 106 Å². The molecule has 276 valence electrons. The van der Waals surface area contributed by atoms with Gasteiger partial charge < -0.3 is 30.6 Å². The molecule has 0 aromatic carbocycles. The minimum absolute atomic E-state index is 0.154. The largest absolute Gasteiger partial charge is 0.374 e. The SMILES string of the molecule is CCCCC(NC(=O)[C@@H]1CCCN1C(=O)[C@@H](NC(O)N[C@H](CN1C(=O)CC(C)(C)CC1O)C(C)(C)C)C(C)(C)C)C(=O)C(=O)NCCC. The minimum atomic E-state index is -1.36. The lowest BCUT2D eigenvalue weighted by atomic mass is 9.80. The number of unbranched alkanes of at least 4 members (excludes halogenated alkanes) is 1. The van der Waals surface area contributed by atoms with Crippen molar-refractivity contribution in [3.63, 3.8) is 0 Å². The van der Waals surface area contributed by atoms with E-state index >= 15 is 0 Å². The Labute approximate surface area is 287 Å². The first-order chi connectivity index (χ1) is 22.1. The minimum Gasteiger partial charge on any atom is -0.374 e. The van der Waals surface area contributed by atoms with E-state index in [0.29, 0.717) is 58.0 Å². The van der Waals surface area contributed by atoms with Gasteiger partial charge in [0.2, 0.25) is 23.5 Å². The molecule has 0 aromatic heterocycles. The molecule has 0 bridgehead atoms. The van der Waals surface area contributed by atoms with Crippen molar-refractivity contribution in [3.8, 4) is 0 Å². The lowest BCUT2D eigenvalue weighted by molar-refractivity contribution is -0.156. The van der Waals surface area contributed by atoms with Crippen LogP contribution in [0, 0.1) is 16.2 Å². The summed E-state index contributed by atoms with van der Waals surface area (Å²) in [6.45, 7) is 20.1. The molecule has 6 atom stereocenters. The van der Waals surface area contributed by atoms with Crippen LogP contribution in [0.25, 0.3) is 0 Å². The Hall–Kier alpha value is -2.61. The van der Waals surface area contributed by atoms with E-state index in [4.69, 9.17) is 0 Å². The number of piperidine rings is 1. The van der Waals surface area contributed by atoms with Crippen LogP contribution in [0.1, 0.15) is 121 Å². The number of likely N-dealkylation sites (tertiary alicyclic amines) is 2. The molecular formula is C35H64N6O7. The number of rotatable bonds is 16. The van der Waals surface area contributed by atoms with Gasteiger partial charge in [-0.15, -0.1) is 0 Å².